The minimum atomic E-state index is -0.495. The van der Waals surface area contributed by atoms with Gasteiger partial charge in [0.1, 0.15) is 11.5 Å². The first-order chi connectivity index (χ1) is 13.9. The first-order valence-electron chi connectivity index (χ1n) is 9.40. The van der Waals surface area contributed by atoms with E-state index in [1.165, 1.54) is 0 Å². The third-order valence-electron chi connectivity index (χ3n) is 4.58. The number of halogens is 1. The van der Waals surface area contributed by atoms with E-state index in [-0.39, 0.29) is 24.3 Å². The first-order valence-corrected chi connectivity index (χ1v) is 9.78. The number of carbonyl (C=O) groups is 2. The molecular weight excluding hydrogens is 388 g/mol. The summed E-state index contributed by atoms with van der Waals surface area (Å²) in [6, 6.07) is 19.1. The fourth-order valence-corrected chi connectivity index (χ4v) is 3.28. The maximum atomic E-state index is 12.7. The van der Waals surface area contributed by atoms with Crippen LogP contribution < -0.4 is 10.6 Å². The standard InChI is InChI=1S/C23H23ClN2O3/c1-15-12-13-21(29-15)16(2)25-22(27)14-20(17-8-4-3-5-9-17)26-23(28)18-10-6-7-11-19(18)24/h3-13,16,20H,14H2,1-2H3,(H,25,27)(H,26,28). The topological polar surface area (TPSA) is 71.3 Å². The largest absolute Gasteiger partial charge is 0.464 e. The first kappa shape index (κ1) is 20.7. The van der Waals surface area contributed by atoms with E-state index in [0.717, 1.165) is 11.3 Å². The Morgan fingerprint density at radius 2 is 1.66 bits per heavy atom. The zero-order valence-electron chi connectivity index (χ0n) is 16.3. The van der Waals surface area contributed by atoms with Crippen LogP contribution in [0.25, 0.3) is 0 Å². The summed E-state index contributed by atoms with van der Waals surface area (Å²) >= 11 is 6.14. The van der Waals surface area contributed by atoms with Crippen molar-refractivity contribution in [2.45, 2.75) is 32.4 Å². The summed E-state index contributed by atoms with van der Waals surface area (Å²) in [5, 5.41) is 6.22. The maximum Gasteiger partial charge on any atom is 0.253 e. The smallest absolute Gasteiger partial charge is 0.253 e. The molecule has 1 heterocycles. The van der Waals surface area contributed by atoms with E-state index >= 15 is 0 Å². The number of aryl methyl sites for hydroxylation is 1. The van der Waals surface area contributed by atoms with Crippen LogP contribution in [0.1, 0.15) is 52.9 Å². The monoisotopic (exact) mass is 410 g/mol. The zero-order valence-corrected chi connectivity index (χ0v) is 17.1. The van der Waals surface area contributed by atoms with E-state index in [1.54, 1.807) is 24.3 Å². The lowest BCUT2D eigenvalue weighted by Gasteiger charge is -2.20. The van der Waals surface area contributed by atoms with Gasteiger partial charge in [0.05, 0.1) is 29.1 Å². The second-order valence-corrected chi connectivity index (χ2v) is 7.27. The van der Waals surface area contributed by atoms with Crippen molar-refractivity contribution < 1.29 is 14.0 Å². The summed E-state index contributed by atoms with van der Waals surface area (Å²) in [4.78, 5) is 25.4. The van der Waals surface area contributed by atoms with Crippen molar-refractivity contribution in [1.29, 1.82) is 0 Å². The Balaban J connectivity index is 1.73. The average molecular weight is 411 g/mol. The molecule has 2 unspecified atom stereocenters. The highest BCUT2D eigenvalue weighted by atomic mass is 35.5. The second-order valence-electron chi connectivity index (χ2n) is 6.86. The molecule has 0 bridgehead atoms. The van der Waals surface area contributed by atoms with Crippen LogP contribution in [0.2, 0.25) is 5.02 Å². The number of carbonyl (C=O) groups excluding carboxylic acids is 2. The normalized spacial score (nSPS) is 12.8. The van der Waals surface area contributed by atoms with Gasteiger partial charge in [-0.3, -0.25) is 9.59 Å². The molecule has 0 aliphatic heterocycles. The molecule has 6 heteroatoms. The number of rotatable bonds is 7. The zero-order chi connectivity index (χ0) is 20.8. The Hall–Kier alpha value is -3.05. The van der Waals surface area contributed by atoms with Gasteiger partial charge in [-0.1, -0.05) is 54.1 Å². The molecule has 2 N–H and O–H groups in total. The van der Waals surface area contributed by atoms with Crippen LogP contribution in [0.4, 0.5) is 0 Å². The van der Waals surface area contributed by atoms with Crippen LogP contribution >= 0.6 is 11.6 Å². The molecule has 0 aliphatic carbocycles. The van der Waals surface area contributed by atoms with E-state index in [2.05, 4.69) is 10.6 Å². The van der Waals surface area contributed by atoms with Gasteiger partial charge in [0, 0.05) is 0 Å². The third kappa shape index (κ3) is 5.48. The van der Waals surface area contributed by atoms with Crippen molar-refractivity contribution in [3.63, 3.8) is 0 Å². The minimum Gasteiger partial charge on any atom is -0.464 e. The van der Waals surface area contributed by atoms with Crippen LogP contribution in [0.5, 0.6) is 0 Å². The summed E-state index contributed by atoms with van der Waals surface area (Å²) in [5.41, 5.74) is 1.21. The summed E-state index contributed by atoms with van der Waals surface area (Å²) in [6.45, 7) is 3.71. The van der Waals surface area contributed by atoms with Crippen LogP contribution in [-0.4, -0.2) is 11.8 Å². The average Bonchev–Trinajstić information content (AvgIpc) is 3.15. The molecule has 2 atom stereocenters. The SMILES string of the molecule is Cc1ccc(C(C)NC(=O)CC(NC(=O)c2ccccc2Cl)c2ccccc2)o1. The number of benzene rings is 2. The Morgan fingerprint density at radius 1 is 0.966 bits per heavy atom. The van der Waals surface area contributed by atoms with E-state index < -0.39 is 6.04 Å². The van der Waals surface area contributed by atoms with Crippen molar-refractivity contribution >= 4 is 23.4 Å². The van der Waals surface area contributed by atoms with Gasteiger partial charge in [0.25, 0.3) is 5.91 Å². The van der Waals surface area contributed by atoms with Crippen molar-refractivity contribution in [3.8, 4) is 0 Å². The quantitative estimate of drug-likeness (QED) is 0.577. The molecule has 0 fully saturated rings. The molecule has 29 heavy (non-hydrogen) atoms. The molecule has 0 saturated carbocycles. The summed E-state index contributed by atoms with van der Waals surface area (Å²) in [7, 11) is 0. The van der Waals surface area contributed by atoms with Crippen LogP contribution in [0.15, 0.2) is 71.1 Å². The molecule has 0 radical (unpaired) electrons. The summed E-state index contributed by atoms with van der Waals surface area (Å²) in [5.74, 6) is 0.953. The minimum absolute atomic E-state index is 0.0875. The molecular formula is C23H23ClN2O3. The number of hydrogen-bond acceptors (Lipinski definition) is 3. The fourth-order valence-electron chi connectivity index (χ4n) is 3.06. The molecule has 150 valence electrons. The van der Waals surface area contributed by atoms with Gasteiger partial charge in [-0.15, -0.1) is 0 Å². The highest BCUT2D eigenvalue weighted by Gasteiger charge is 2.22. The summed E-state index contributed by atoms with van der Waals surface area (Å²) in [6.07, 6.45) is 0.0875. The highest BCUT2D eigenvalue weighted by Crippen LogP contribution is 2.21. The number of nitrogens with one attached hydrogen (secondary N) is 2. The van der Waals surface area contributed by atoms with Crippen LogP contribution in [-0.2, 0) is 4.79 Å². The van der Waals surface area contributed by atoms with E-state index in [0.29, 0.717) is 16.3 Å². The predicted molar refractivity (Wildman–Crippen MR) is 113 cm³/mol. The van der Waals surface area contributed by atoms with Gasteiger partial charge in [-0.05, 0) is 43.7 Å². The fraction of sp³-hybridized carbons (Fsp3) is 0.217. The van der Waals surface area contributed by atoms with Crippen molar-refractivity contribution in [1.82, 2.24) is 10.6 Å². The van der Waals surface area contributed by atoms with E-state index in [1.807, 2.05) is 56.3 Å². The second kappa shape index (κ2) is 9.43. The van der Waals surface area contributed by atoms with Crippen LogP contribution in [0, 0.1) is 6.92 Å². The Morgan fingerprint density at radius 3 is 2.31 bits per heavy atom. The van der Waals surface area contributed by atoms with Gasteiger partial charge in [-0.2, -0.15) is 0 Å². The Labute approximate surface area is 175 Å². The Kier molecular flexibility index (Phi) is 6.73. The molecule has 5 nitrogen and oxygen atoms in total. The molecule has 3 aromatic rings. The lowest BCUT2D eigenvalue weighted by Crippen LogP contribution is -2.34. The van der Waals surface area contributed by atoms with E-state index in [9.17, 15) is 9.59 Å². The van der Waals surface area contributed by atoms with Gasteiger partial charge in [0.15, 0.2) is 0 Å². The third-order valence-corrected chi connectivity index (χ3v) is 4.91. The lowest BCUT2D eigenvalue weighted by molar-refractivity contribution is -0.122. The molecule has 0 saturated heterocycles. The van der Waals surface area contributed by atoms with Gasteiger partial charge < -0.3 is 15.1 Å². The van der Waals surface area contributed by atoms with E-state index in [4.69, 9.17) is 16.0 Å². The van der Waals surface area contributed by atoms with Gasteiger partial charge in [-0.25, -0.2) is 0 Å². The van der Waals surface area contributed by atoms with Crippen LogP contribution in [0.3, 0.4) is 0 Å². The number of amides is 2. The van der Waals surface area contributed by atoms with Crippen molar-refractivity contribution in [2.75, 3.05) is 0 Å². The highest BCUT2D eigenvalue weighted by molar-refractivity contribution is 6.33. The van der Waals surface area contributed by atoms with Crippen molar-refractivity contribution in [2.24, 2.45) is 0 Å². The molecule has 0 aliphatic rings. The number of furan rings is 1. The van der Waals surface area contributed by atoms with Crippen molar-refractivity contribution in [3.05, 3.63) is 94.4 Å². The maximum absolute atomic E-state index is 12.7. The molecule has 1 aromatic heterocycles. The predicted octanol–water partition coefficient (Wildman–Crippen LogP) is 4.98. The molecule has 0 spiro atoms. The number of hydrogen-bond donors (Lipinski definition) is 2. The molecule has 2 aromatic carbocycles. The Bertz CT molecular complexity index is 985. The van der Waals surface area contributed by atoms with Gasteiger partial charge >= 0.3 is 0 Å². The van der Waals surface area contributed by atoms with Gasteiger partial charge in [0.2, 0.25) is 5.91 Å². The summed E-state index contributed by atoms with van der Waals surface area (Å²) < 4.78 is 5.57. The molecule has 3 rings (SSSR count). The lowest BCUT2D eigenvalue weighted by atomic mass is 10.0. The molecule has 2 amide bonds.